The average molecular weight is 206 g/mol. The number of ether oxygens (including phenoxy) is 1. The largest absolute Gasteiger partial charge is 0.464 e. The second kappa shape index (κ2) is 5.08. The van der Waals surface area contributed by atoms with Crippen LogP contribution in [0.15, 0.2) is 12.1 Å². The van der Waals surface area contributed by atoms with Crippen LogP contribution in [0.2, 0.25) is 0 Å². The molecule has 5 heteroatoms. The normalized spacial score (nSPS) is 11.1. The highest BCUT2D eigenvalue weighted by atomic mass is 16.5. The van der Waals surface area contributed by atoms with Gasteiger partial charge < -0.3 is 9.84 Å². The van der Waals surface area contributed by atoms with E-state index in [2.05, 4.69) is 26.8 Å². The third-order valence-corrected chi connectivity index (χ3v) is 1.47. The predicted octanol–water partition coefficient (Wildman–Crippen LogP) is -0.00450. The van der Waals surface area contributed by atoms with Gasteiger partial charge in [0.2, 0.25) is 0 Å². The number of esters is 1. The van der Waals surface area contributed by atoms with Crippen molar-refractivity contribution in [2.75, 3.05) is 7.11 Å². The Morgan fingerprint density at radius 2 is 2.27 bits per heavy atom. The smallest absolute Gasteiger partial charge is 0.358 e. The van der Waals surface area contributed by atoms with Crippen molar-refractivity contribution in [3.05, 3.63) is 23.5 Å². The fourth-order valence-corrected chi connectivity index (χ4v) is 0.791. The van der Waals surface area contributed by atoms with Crippen LogP contribution in [-0.4, -0.2) is 34.5 Å². The Labute approximate surface area is 87.1 Å². The number of hydrogen-bond donors (Lipinski definition) is 1. The second-order valence-corrected chi connectivity index (χ2v) is 2.74. The van der Waals surface area contributed by atoms with Gasteiger partial charge in [-0.1, -0.05) is 5.92 Å². The molecule has 1 N–H and O–H groups in total. The molecule has 0 fully saturated rings. The lowest BCUT2D eigenvalue weighted by atomic mass is 10.3. The van der Waals surface area contributed by atoms with Gasteiger partial charge in [0.15, 0.2) is 5.69 Å². The van der Waals surface area contributed by atoms with Crippen molar-refractivity contribution in [2.45, 2.75) is 13.0 Å². The summed E-state index contributed by atoms with van der Waals surface area (Å²) < 4.78 is 4.46. The van der Waals surface area contributed by atoms with Crippen LogP contribution in [-0.2, 0) is 4.74 Å². The lowest BCUT2D eigenvalue weighted by molar-refractivity contribution is 0.0592. The number of carbonyl (C=O) groups excluding carboxylic acids is 1. The SMILES string of the molecule is COC(=O)c1ccc(C#C[C@@H](C)O)nn1. The molecule has 1 aromatic heterocycles. The van der Waals surface area contributed by atoms with Gasteiger partial charge >= 0.3 is 5.97 Å². The summed E-state index contributed by atoms with van der Waals surface area (Å²) in [5.41, 5.74) is 0.517. The summed E-state index contributed by atoms with van der Waals surface area (Å²) in [6, 6.07) is 3.00. The van der Waals surface area contributed by atoms with Gasteiger partial charge in [-0.3, -0.25) is 0 Å². The molecule has 0 aliphatic rings. The Kier molecular flexibility index (Phi) is 3.77. The van der Waals surface area contributed by atoms with Crippen LogP contribution in [0.4, 0.5) is 0 Å². The lowest BCUT2D eigenvalue weighted by Gasteiger charge is -1.96. The third-order valence-electron chi connectivity index (χ3n) is 1.47. The minimum atomic E-state index is -0.716. The monoisotopic (exact) mass is 206 g/mol. The molecular weight excluding hydrogens is 196 g/mol. The van der Waals surface area contributed by atoms with Crippen molar-refractivity contribution in [3.63, 3.8) is 0 Å². The third kappa shape index (κ3) is 3.37. The minimum Gasteiger partial charge on any atom is -0.464 e. The van der Waals surface area contributed by atoms with Crippen molar-refractivity contribution in [3.8, 4) is 11.8 Å². The molecule has 0 aliphatic carbocycles. The van der Waals surface area contributed by atoms with E-state index in [0.29, 0.717) is 5.69 Å². The number of hydrogen-bond acceptors (Lipinski definition) is 5. The summed E-state index contributed by atoms with van der Waals surface area (Å²) in [5.74, 6) is 4.57. The first-order valence-corrected chi connectivity index (χ1v) is 4.25. The maximum atomic E-state index is 11.0. The highest BCUT2D eigenvalue weighted by Crippen LogP contribution is 1.97. The highest BCUT2D eigenvalue weighted by molar-refractivity contribution is 5.86. The Balaban J connectivity index is 2.83. The zero-order valence-electron chi connectivity index (χ0n) is 8.39. The molecule has 1 atom stereocenters. The van der Waals surface area contributed by atoms with Gasteiger partial charge in [0.05, 0.1) is 7.11 Å². The fraction of sp³-hybridized carbons (Fsp3) is 0.300. The molecule has 15 heavy (non-hydrogen) atoms. The standard InChI is InChI=1S/C10H10N2O3/c1-7(13)3-4-8-5-6-9(12-11-8)10(14)15-2/h5-7,13H,1-2H3/t7-/m1/s1. The van der Waals surface area contributed by atoms with Gasteiger partial charge in [-0.05, 0) is 25.0 Å². The van der Waals surface area contributed by atoms with Crippen LogP contribution >= 0.6 is 0 Å². The number of methoxy groups -OCH3 is 1. The molecule has 5 nitrogen and oxygen atoms in total. The topological polar surface area (TPSA) is 72.3 Å². The predicted molar refractivity (Wildman–Crippen MR) is 51.9 cm³/mol. The van der Waals surface area contributed by atoms with E-state index in [1.807, 2.05) is 0 Å². The van der Waals surface area contributed by atoms with Gasteiger partial charge in [0, 0.05) is 0 Å². The second-order valence-electron chi connectivity index (χ2n) is 2.74. The molecule has 78 valence electrons. The maximum absolute atomic E-state index is 11.0. The molecule has 0 saturated carbocycles. The quantitative estimate of drug-likeness (QED) is 0.517. The van der Waals surface area contributed by atoms with Crippen molar-refractivity contribution in [1.29, 1.82) is 0 Å². The number of aromatic nitrogens is 2. The van der Waals surface area contributed by atoms with Crippen LogP contribution < -0.4 is 0 Å². The van der Waals surface area contributed by atoms with Gasteiger partial charge in [0.25, 0.3) is 0 Å². The van der Waals surface area contributed by atoms with E-state index in [0.717, 1.165) is 0 Å². The van der Waals surface area contributed by atoms with E-state index in [1.165, 1.54) is 19.2 Å². The summed E-state index contributed by atoms with van der Waals surface area (Å²) >= 11 is 0. The Morgan fingerprint density at radius 1 is 1.53 bits per heavy atom. The summed E-state index contributed by atoms with van der Waals surface area (Å²) in [6.07, 6.45) is -0.716. The first-order chi connectivity index (χ1) is 7.13. The summed E-state index contributed by atoms with van der Waals surface area (Å²) in [6.45, 7) is 1.54. The molecular formula is C10H10N2O3. The van der Waals surface area contributed by atoms with Crippen molar-refractivity contribution in [2.24, 2.45) is 0 Å². The van der Waals surface area contributed by atoms with E-state index < -0.39 is 12.1 Å². The summed E-state index contributed by atoms with van der Waals surface area (Å²) in [7, 11) is 1.27. The first-order valence-electron chi connectivity index (χ1n) is 4.25. The van der Waals surface area contributed by atoms with E-state index in [9.17, 15) is 4.79 Å². The highest BCUT2D eigenvalue weighted by Gasteiger charge is 2.06. The van der Waals surface area contributed by atoms with Crippen LogP contribution in [0.1, 0.15) is 23.1 Å². The lowest BCUT2D eigenvalue weighted by Crippen LogP contribution is -2.05. The number of rotatable bonds is 1. The van der Waals surface area contributed by atoms with Crippen molar-refractivity contribution in [1.82, 2.24) is 10.2 Å². The number of aliphatic hydroxyl groups is 1. The van der Waals surface area contributed by atoms with E-state index in [-0.39, 0.29) is 5.69 Å². The van der Waals surface area contributed by atoms with Gasteiger partial charge in [-0.15, -0.1) is 10.2 Å². The zero-order valence-corrected chi connectivity index (χ0v) is 8.39. The molecule has 0 spiro atoms. The van der Waals surface area contributed by atoms with Gasteiger partial charge in [-0.25, -0.2) is 4.79 Å². The molecule has 0 aliphatic heterocycles. The van der Waals surface area contributed by atoms with Gasteiger partial charge in [-0.2, -0.15) is 0 Å². The van der Waals surface area contributed by atoms with Crippen LogP contribution in [0.3, 0.4) is 0 Å². The molecule has 1 aromatic rings. The van der Waals surface area contributed by atoms with Crippen LogP contribution in [0.25, 0.3) is 0 Å². The number of aliphatic hydroxyl groups excluding tert-OH is 1. The van der Waals surface area contributed by atoms with Crippen molar-refractivity contribution < 1.29 is 14.6 Å². The molecule has 0 radical (unpaired) electrons. The van der Waals surface area contributed by atoms with Crippen molar-refractivity contribution >= 4 is 5.97 Å². The molecule has 1 heterocycles. The molecule has 0 aromatic carbocycles. The Bertz CT molecular complexity index is 401. The first kappa shape index (κ1) is 11.1. The van der Waals surface area contributed by atoms with Gasteiger partial charge in [0.1, 0.15) is 11.8 Å². The Morgan fingerprint density at radius 3 is 2.73 bits per heavy atom. The molecule has 0 saturated heterocycles. The molecule has 0 unspecified atom stereocenters. The van der Waals surface area contributed by atoms with Crippen LogP contribution in [0.5, 0.6) is 0 Å². The van der Waals surface area contributed by atoms with E-state index in [1.54, 1.807) is 6.92 Å². The maximum Gasteiger partial charge on any atom is 0.358 e. The molecule has 1 rings (SSSR count). The Hall–Kier alpha value is -1.93. The molecule has 0 bridgehead atoms. The zero-order chi connectivity index (χ0) is 11.3. The summed E-state index contributed by atoms with van der Waals surface area (Å²) in [4.78, 5) is 11.0. The fourth-order valence-electron chi connectivity index (χ4n) is 0.791. The van der Waals surface area contributed by atoms with E-state index in [4.69, 9.17) is 5.11 Å². The molecule has 0 amide bonds. The van der Waals surface area contributed by atoms with E-state index >= 15 is 0 Å². The number of carbonyl (C=O) groups is 1. The number of nitrogens with zero attached hydrogens (tertiary/aromatic N) is 2. The average Bonchev–Trinajstić information content (AvgIpc) is 2.26. The minimum absolute atomic E-state index is 0.125. The van der Waals surface area contributed by atoms with Crippen LogP contribution in [0, 0.1) is 11.8 Å². The summed E-state index contributed by atoms with van der Waals surface area (Å²) in [5, 5.41) is 16.2.